The molecular weight excluding hydrogens is 879 g/mol. The van der Waals surface area contributed by atoms with Crippen LogP contribution in [0.25, 0.3) is 0 Å². The number of rotatable bonds is 14. The molecule has 3 N–H and O–H groups in total. The number of morpholine rings is 1. The smallest absolute Gasteiger partial charge is 0.329 e. The summed E-state index contributed by atoms with van der Waals surface area (Å²) in [6.45, 7) is 6.67. The number of carbonyl (C=O) groups is 4. The van der Waals surface area contributed by atoms with Crippen LogP contribution in [-0.2, 0) is 31.1 Å². The zero-order valence-corrected chi connectivity index (χ0v) is 39.1. The second-order valence-electron chi connectivity index (χ2n) is 17.9. The van der Waals surface area contributed by atoms with Crippen molar-refractivity contribution >= 4 is 29.5 Å². The molecule has 70 heavy (non-hydrogen) atoms. The molecule has 7 unspecified atom stereocenters. The summed E-state index contributed by atoms with van der Waals surface area (Å²) in [5.41, 5.74) is 3.22. The number of imide groups is 1. The molecule has 0 aliphatic carbocycles. The van der Waals surface area contributed by atoms with E-state index in [-0.39, 0.29) is 25.4 Å². The fourth-order valence-corrected chi connectivity index (χ4v) is 10.5. The number of carbonyl (C=O) groups excluding carboxylic acids is 4. The molecule has 3 aliphatic rings. The lowest BCUT2D eigenvalue weighted by Gasteiger charge is -2.46. The summed E-state index contributed by atoms with van der Waals surface area (Å²) in [4.78, 5) is 67.6. The predicted molar refractivity (Wildman–Crippen MR) is 267 cm³/mol. The molecule has 0 saturated carbocycles. The summed E-state index contributed by atoms with van der Waals surface area (Å²) < 4.78 is 12.4. The number of esters is 1. The van der Waals surface area contributed by atoms with Gasteiger partial charge in [0.2, 0.25) is 11.8 Å². The molecule has 9 rings (SSSR count). The fraction of sp³-hybridized carbons (Fsp3) is 0.241. The first-order valence-corrected chi connectivity index (χ1v) is 23.5. The van der Waals surface area contributed by atoms with Gasteiger partial charge >= 0.3 is 12.0 Å². The van der Waals surface area contributed by atoms with Crippen molar-refractivity contribution in [3.8, 4) is 17.6 Å². The highest BCUT2D eigenvalue weighted by Gasteiger charge is 2.75. The number of aliphatic hydroxyl groups excluding tert-OH is 1. The van der Waals surface area contributed by atoms with Crippen LogP contribution in [-0.4, -0.2) is 78.1 Å². The summed E-state index contributed by atoms with van der Waals surface area (Å²) >= 11 is 0. The maximum atomic E-state index is 16.6. The number of benzene rings is 6. The molecule has 3 aliphatic heterocycles. The quantitative estimate of drug-likeness (QED) is 0.0564. The Morgan fingerprint density at radius 1 is 0.843 bits per heavy atom. The highest BCUT2D eigenvalue weighted by atomic mass is 16.6. The second-order valence-corrected chi connectivity index (χ2v) is 17.9. The third-order valence-electron chi connectivity index (χ3n) is 13.4. The monoisotopic (exact) mass is 933 g/mol. The van der Waals surface area contributed by atoms with Gasteiger partial charge in [0.05, 0.1) is 42.9 Å². The zero-order valence-electron chi connectivity index (χ0n) is 39.1. The largest absolute Gasteiger partial charge is 0.491 e. The zero-order chi connectivity index (χ0) is 48.8. The van der Waals surface area contributed by atoms with Gasteiger partial charge in [-0.1, -0.05) is 151 Å². The minimum Gasteiger partial charge on any atom is -0.491 e. The molecule has 0 bridgehead atoms. The lowest BCUT2D eigenvalue weighted by Crippen LogP contribution is -2.56. The number of anilines is 1. The third kappa shape index (κ3) is 8.98. The van der Waals surface area contributed by atoms with E-state index < -0.39 is 65.4 Å². The number of nitrogens with one attached hydrogen (secondary N) is 2. The minimum atomic E-state index is -1.97. The Balaban J connectivity index is 1.29. The van der Waals surface area contributed by atoms with Gasteiger partial charge in [0.1, 0.15) is 29.9 Å². The van der Waals surface area contributed by atoms with Gasteiger partial charge in [0, 0.05) is 18.7 Å². The molecule has 6 aromatic carbocycles. The fourth-order valence-electron chi connectivity index (χ4n) is 10.5. The maximum Gasteiger partial charge on any atom is 0.329 e. The maximum absolute atomic E-state index is 16.6. The summed E-state index contributed by atoms with van der Waals surface area (Å²) in [6.07, 6.45) is 0.649. The molecule has 6 aromatic rings. The van der Waals surface area contributed by atoms with Gasteiger partial charge < -0.3 is 25.2 Å². The number of fused-ring (bicyclic) bond motifs is 3. The van der Waals surface area contributed by atoms with Gasteiger partial charge in [-0.05, 0) is 77.7 Å². The van der Waals surface area contributed by atoms with E-state index >= 15 is 19.2 Å². The first kappa shape index (κ1) is 47.3. The molecule has 12 nitrogen and oxygen atoms in total. The summed E-state index contributed by atoms with van der Waals surface area (Å²) in [5.74, 6) is 3.65. The van der Waals surface area contributed by atoms with Crippen LogP contribution in [0.5, 0.6) is 5.75 Å². The highest BCUT2D eigenvalue weighted by Crippen LogP contribution is 2.66. The summed E-state index contributed by atoms with van der Waals surface area (Å²) in [5, 5.41) is 15.7. The van der Waals surface area contributed by atoms with Crippen LogP contribution in [0, 0.1) is 17.8 Å². The van der Waals surface area contributed by atoms with E-state index in [0.29, 0.717) is 41.1 Å². The van der Waals surface area contributed by atoms with Gasteiger partial charge in [-0.2, -0.15) is 0 Å². The number of hydrogen-bond donors (Lipinski definition) is 3. The van der Waals surface area contributed by atoms with Crippen LogP contribution in [0.15, 0.2) is 176 Å². The predicted octanol–water partition coefficient (Wildman–Crippen LogP) is 7.98. The van der Waals surface area contributed by atoms with Crippen molar-refractivity contribution in [1.82, 2.24) is 20.4 Å². The molecular formula is C58H55N5O7. The number of urea groups is 1. The molecule has 0 radical (unpaired) electrons. The van der Waals surface area contributed by atoms with E-state index in [1.54, 1.807) is 30.3 Å². The van der Waals surface area contributed by atoms with Crippen molar-refractivity contribution in [1.29, 1.82) is 0 Å². The van der Waals surface area contributed by atoms with Crippen LogP contribution >= 0.6 is 0 Å². The van der Waals surface area contributed by atoms with Crippen LogP contribution in [0.2, 0.25) is 0 Å². The molecule has 12 heteroatoms. The van der Waals surface area contributed by atoms with Gasteiger partial charge in [0.15, 0.2) is 0 Å². The number of ether oxygens (including phenoxy) is 2. The Kier molecular flexibility index (Phi) is 14.0. The molecule has 3 heterocycles. The van der Waals surface area contributed by atoms with Crippen molar-refractivity contribution in [2.45, 2.75) is 49.2 Å². The van der Waals surface area contributed by atoms with Crippen molar-refractivity contribution < 1.29 is 33.8 Å². The number of hydrogen-bond acceptors (Lipinski definition) is 9. The molecule has 1 spiro atoms. The molecule has 4 amide bonds. The van der Waals surface area contributed by atoms with Crippen LogP contribution in [0.1, 0.15) is 70.1 Å². The van der Waals surface area contributed by atoms with Gasteiger partial charge in [-0.3, -0.25) is 24.2 Å². The minimum absolute atomic E-state index is 0.0331. The Hall–Kier alpha value is -7.82. The van der Waals surface area contributed by atoms with E-state index in [1.807, 2.05) is 140 Å². The van der Waals surface area contributed by atoms with Crippen molar-refractivity contribution in [2.24, 2.45) is 5.92 Å². The number of amides is 4. The van der Waals surface area contributed by atoms with Gasteiger partial charge in [-0.15, -0.1) is 6.58 Å². The average molecular weight is 934 g/mol. The van der Waals surface area contributed by atoms with E-state index in [0.717, 1.165) is 21.6 Å². The third-order valence-corrected chi connectivity index (χ3v) is 13.4. The van der Waals surface area contributed by atoms with Crippen LogP contribution < -0.4 is 20.3 Å². The summed E-state index contributed by atoms with van der Waals surface area (Å²) in [7, 11) is 1.99. The second kappa shape index (κ2) is 20.8. The molecule has 354 valence electrons. The number of cyclic esters (lactones) is 1. The molecule has 7 atom stereocenters. The molecule has 2 fully saturated rings. The van der Waals surface area contributed by atoms with Gasteiger partial charge in [0.25, 0.3) is 0 Å². The van der Waals surface area contributed by atoms with Crippen molar-refractivity contribution in [3.05, 3.63) is 215 Å². The first-order chi connectivity index (χ1) is 34.1. The Morgan fingerprint density at radius 2 is 1.49 bits per heavy atom. The Morgan fingerprint density at radius 3 is 2.14 bits per heavy atom. The average Bonchev–Trinajstić information content (AvgIpc) is 3.84. The standard InChI is InChI=1S/C58H55N5O7/c1-4-33-59-54(65)49-51-55(66)70-52(44-25-15-8-16-26-44)50(43-23-13-7-14-24-43)63(51)53(45-28-30-46(31-29-45)69-36-35-64)58(49)47-37-40(20-17-34-61(3)38-41-18-9-5-10-19-41)27-32-48(47)62(56(58)67)57(68)60-39(2)42-21-11-6-12-22-42/h4-16,18-19,21-32,37,39,49-53,64H,1,33-36,38H2,2-3H3,(H,59,65)(H,60,68). The van der Waals surface area contributed by atoms with E-state index in [2.05, 4.69) is 46.1 Å². The van der Waals surface area contributed by atoms with Crippen molar-refractivity contribution in [3.63, 3.8) is 0 Å². The molecule has 2 saturated heterocycles. The highest BCUT2D eigenvalue weighted by molar-refractivity contribution is 6.24. The lowest BCUT2D eigenvalue weighted by atomic mass is 9.65. The Labute approximate surface area is 408 Å². The number of aliphatic hydroxyl groups is 1. The Bertz CT molecular complexity index is 2910. The first-order valence-electron chi connectivity index (χ1n) is 23.5. The van der Waals surface area contributed by atoms with E-state index in [4.69, 9.17) is 9.47 Å². The van der Waals surface area contributed by atoms with Crippen LogP contribution in [0.3, 0.4) is 0 Å². The van der Waals surface area contributed by atoms with E-state index in [1.165, 1.54) is 6.08 Å². The van der Waals surface area contributed by atoms with E-state index in [9.17, 15) is 5.11 Å². The lowest BCUT2D eigenvalue weighted by molar-refractivity contribution is -0.178. The van der Waals surface area contributed by atoms with Crippen molar-refractivity contribution in [2.75, 3.05) is 38.3 Å². The topological polar surface area (TPSA) is 141 Å². The molecule has 0 aromatic heterocycles. The summed E-state index contributed by atoms with van der Waals surface area (Å²) in [6, 6.07) is 46.6. The normalized spacial score (nSPS) is 21.8. The van der Waals surface area contributed by atoms with Gasteiger partial charge in [-0.25, -0.2) is 9.69 Å². The van der Waals surface area contributed by atoms with Crippen LogP contribution in [0.4, 0.5) is 10.5 Å². The SMILES string of the molecule is C=CCNC(=O)C1C2C(=O)OC(c3ccccc3)C(c3ccccc3)N2C(c2ccc(OCCO)cc2)C12C(=O)N(C(=O)NC(C)c1ccccc1)c1ccc(C#CCN(C)Cc3ccccc3)cc12. The number of nitrogens with zero attached hydrogens (tertiary/aromatic N) is 3.